The van der Waals surface area contributed by atoms with Gasteiger partial charge in [0.1, 0.15) is 0 Å². The van der Waals surface area contributed by atoms with E-state index in [4.69, 9.17) is 0 Å². The highest BCUT2D eigenvalue weighted by Crippen LogP contribution is 2.44. The van der Waals surface area contributed by atoms with Crippen LogP contribution in [0.3, 0.4) is 0 Å². The van der Waals surface area contributed by atoms with Crippen LogP contribution in [0, 0.1) is 11.3 Å². The Kier molecular flexibility index (Phi) is 2.93. The quantitative estimate of drug-likeness (QED) is 0.721. The molecule has 0 bridgehead atoms. The predicted molar refractivity (Wildman–Crippen MR) is 77.0 cm³/mol. The molecule has 0 aromatic heterocycles. The van der Waals surface area contributed by atoms with Crippen LogP contribution in [0.4, 0.5) is 0 Å². The lowest BCUT2D eigenvalue weighted by Crippen LogP contribution is -2.17. The van der Waals surface area contributed by atoms with Gasteiger partial charge in [-0.1, -0.05) is 54.6 Å². The third-order valence-corrected chi connectivity index (χ3v) is 3.90. The summed E-state index contributed by atoms with van der Waals surface area (Å²) in [6.45, 7) is 3.87. The van der Waals surface area contributed by atoms with Crippen LogP contribution in [-0.2, 0) is 0 Å². The fraction of sp³-hybridized carbons (Fsp3) is 0.167. The highest BCUT2D eigenvalue weighted by atomic mass is 14.4. The lowest BCUT2D eigenvalue weighted by atomic mass is 9.72. The molecular weight excluding hydrogens is 230 g/mol. The number of rotatable bonds is 2. The molecule has 0 saturated carbocycles. The average Bonchev–Trinajstić information content (AvgIpc) is 2.47. The summed E-state index contributed by atoms with van der Waals surface area (Å²) in [7, 11) is 0. The maximum atomic E-state index is 9.53. The molecule has 19 heavy (non-hydrogen) atoms. The lowest BCUT2D eigenvalue weighted by Gasteiger charge is -2.30. The standard InChI is InChI=1S/C18H15N/c1-2-7-13-14-8-3-5-10-16(14)18(12-19)17-11-6-4-9-15(13)17/h2-6,8-11,13,18H,1,7H2. The molecule has 0 radical (unpaired) electrons. The highest BCUT2D eigenvalue weighted by molar-refractivity contribution is 5.55. The average molecular weight is 245 g/mol. The molecule has 2 aromatic carbocycles. The maximum absolute atomic E-state index is 9.53. The Labute approximate surface area is 113 Å². The molecule has 0 aliphatic heterocycles. The number of benzene rings is 2. The molecule has 92 valence electrons. The van der Waals surface area contributed by atoms with Gasteiger partial charge in [0.25, 0.3) is 0 Å². The van der Waals surface area contributed by atoms with Crippen LogP contribution in [0.15, 0.2) is 61.2 Å². The van der Waals surface area contributed by atoms with Gasteiger partial charge in [0.2, 0.25) is 0 Å². The van der Waals surface area contributed by atoms with E-state index in [9.17, 15) is 5.26 Å². The number of allylic oxidation sites excluding steroid dienone is 1. The minimum Gasteiger partial charge on any atom is -0.197 e. The van der Waals surface area contributed by atoms with Crippen molar-refractivity contribution in [2.45, 2.75) is 18.3 Å². The number of fused-ring (bicyclic) bond motifs is 2. The van der Waals surface area contributed by atoms with Crippen LogP contribution in [0.5, 0.6) is 0 Å². The van der Waals surface area contributed by atoms with Crippen molar-refractivity contribution in [2.75, 3.05) is 0 Å². The summed E-state index contributed by atoms with van der Waals surface area (Å²) in [5.41, 5.74) is 4.84. The van der Waals surface area contributed by atoms with Crippen molar-refractivity contribution in [1.82, 2.24) is 0 Å². The Balaban J connectivity index is 2.27. The van der Waals surface area contributed by atoms with E-state index in [-0.39, 0.29) is 5.92 Å². The van der Waals surface area contributed by atoms with Crippen LogP contribution in [0.1, 0.15) is 40.5 Å². The van der Waals surface area contributed by atoms with Crippen molar-refractivity contribution in [2.24, 2.45) is 0 Å². The molecule has 0 amide bonds. The zero-order chi connectivity index (χ0) is 13.2. The van der Waals surface area contributed by atoms with E-state index in [1.165, 1.54) is 11.1 Å². The molecule has 1 aliphatic rings. The Hall–Kier alpha value is -2.33. The molecular formula is C18H15N. The fourth-order valence-corrected chi connectivity index (χ4v) is 3.08. The molecule has 0 atom stereocenters. The zero-order valence-electron chi connectivity index (χ0n) is 10.7. The summed E-state index contributed by atoms with van der Waals surface area (Å²) in [6, 6.07) is 19.0. The molecule has 1 heteroatoms. The SMILES string of the molecule is C=CCC1c2ccccc2C(C#N)c2ccccc21. The number of nitrogens with zero attached hydrogens (tertiary/aromatic N) is 1. The molecule has 2 aromatic rings. The van der Waals surface area contributed by atoms with Crippen molar-refractivity contribution in [1.29, 1.82) is 5.26 Å². The van der Waals surface area contributed by atoms with E-state index in [0.717, 1.165) is 17.5 Å². The first-order chi connectivity index (χ1) is 9.36. The lowest BCUT2D eigenvalue weighted by molar-refractivity contribution is 0.759. The summed E-state index contributed by atoms with van der Waals surface area (Å²) in [5, 5.41) is 9.53. The second kappa shape index (κ2) is 4.74. The molecule has 1 nitrogen and oxygen atoms in total. The first-order valence-electron chi connectivity index (χ1n) is 6.55. The van der Waals surface area contributed by atoms with Gasteiger partial charge in [-0.05, 0) is 28.7 Å². The predicted octanol–water partition coefficient (Wildman–Crippen LogP) is 4.36. The zero-order valence-corrected chi connectivity index (χ0v) is 10.7. The summed E-state index contributed by atoms with van der Waals surface area (Å²) in [6.07, 6.45) is 2.87. The van der Waals surface area contributed by atoms with E-state index in [1.807, 2.05) is 18.2 Å². The van der Waals surface area contributed by atoms with Gasteiger partial charge < -0.3 is 0 Å². The molecule has 0 heterocycles. The van der Waals surface area contributed by atoms with E-state index in [2.05, 4.69) is 49.0 Å². The monoisotopic (exact) mass is 245 g/mol. The fourth-order valence-electron chi connectivity index (χ4n) is 3.08. The van der Waals surface area contributed by atoms with Crippen molar-refractivity contribution < 1.29 is 0 Å². The van der Waals surface area contributed by atoms with E-state index in [1.54, 1.807) is 0 Å². The van der Waals surface area contributed by atoms with Crippen molar-refractivity contribution in [3.05, 3.63) is 83.4 Å². The van der Waals surface area contributed by atoms with Crippen LogP contribution < -0.4 is 0 Å². The topological polar surface area (TPSA) is 23.8 Å². The maximum Gasteiger partial charge on any atom is 0.0968 e. The number of nitriles is 1. The van der Waals surface area contributed by atoms with Crippen molar-refractivity contribution in [3.8, 4) is 6.07 Å². The second-order valence-electron chi connectivity index (χ2n) is 4.90. The smallest absolute Gasteiger partial charge is 0.0968 e. The molecule has 0 saturated heterocycles. The summed E-state index contributed by atoms with van der Waals surface area (Å²) in [5.74, 6) is 0.183. The number of hydrogen-bond donors (Lipinski definition) is 0. The van der Waals surface area contributed by atoms with Gasteiger partial charge in [0.15, 0.2) is 0 Å². The van der Waals surface area contributed by atoms with Crippen molar-refractivity contribution in [3.63, 3.8) is 0 Å². The van der Waals surface area contributed by atoms with Gasteiger partial charge >= 0.3 is 0 Å². The minimum absolute atomic E-state index is 0.145. The van der Waals surface area contributed by atoms with Gasteiger partial charge in [-0.2, -0.15) is 5.26 Å². The van der Waals surface area contributed by atoms with Crippen LogP contribution in [0.2, 0.25) is 0 Å². The van der Waals surface area contributed by atoms with E-state index < -0.39 is 0 Å². The Morgan fingerprint density at radius 3 is 1.84 bits per heavy atom. The van der Waals surface area contributed by atoms with Crippen molar-refractivity contribution >= 4 is 0 Å². The normalized spacial score (nSPS) is 19.9. The van der Waals surface area contributed by atoms with E-state index in [0.29, 0.717) is 5.92 Å². The molecule has 0 fully saturated rings. The van der Waals surface area contributed by atoms with Crippen LogP contribution in [0.25, 0.3) is 0 Å². The summed E-state index contributed by atoms with van der Waals surface area (Å²) < 4.78 is 0. The summed E-state index contributed by atoms with van der Waals surface area (Å²) >= 11 is 0. The third kappa shape index (κ3) is 1.77. The summed E-state index contributed by atoms with van der Waals surface area (Å²) in [4.78, 5) is 0. The van der Waals surface area contributed by atoms with Gasteiger partial charge in [0.05, 0.1) is 12.0 Å². The first kappa shape index (κ1) is 11.7. The van der Waals surface area contributed by atoms with Crippen LogP contribution >= 0.6 is 0 Å². The molecule has 1 aliphatic carbocycles. The molecule has 3 rings (SSSR count). The molecule has 0 unspecified atom stereocenters. The van der Waals surface area contributed by atoms with Gasteiger partial charge in [-0.15, -0.1) is 6.58 Å². The highest BCUT2D eigenvalue weighted by Gasteiger charge is 2.30. The Bertz CT molecular complexity index is 616. The largest absolute Gasteiger partial charge is 0.197 e. The Morgan fingerprint density at radius 2 is 1.42 bits per heavy atom. The second-order valence-corrected chi connectivity index (χ2v) is 4.90. The first-order valence-corrected chi connectivity index (χ1v) is 6.55. The van der Waals surface area contributed by atoms with E-state index >= 15 is 0 Å². The molecule has 0 spiro atoms. The minimum atomic E-state index is -0.145. The van der Waals surface area contributed by atoms with Gasteiger partial charge in [-0.25, -0.2) is 0 Å². The molecule has 0 N–H and O–H groups in total. The van der Waals surface area contributed by atoms with Crippen LogP contribution in [-0.4, -0.2) is 0 Å². The number of hydrogen-bond acceptors (Lipinski definition) is 1. The van der Waals surface area contributed by atoms with Gasteiger partial charge in [0, 0.05) is 5.92 Å². The van der Waals surface area contributed by atoms with Gasteiger partial charge in [-0.3, -0.25) is 0 Å². The Morgan fingerprint density at radius 1 is 0.947 bits per heavy atom. The third-order valence-electron chi connectivity index (χ3n) is 3.90.